The molecule has 674 valence electrons. The highest BCUT2D eigenvalue weighted by Gasteiger charge is 2.24. The van der Waals surface area contributed by atoms with E-state index in [1.165, 1.54) is 0 Å². The molecular weight excluding hydrogens is 1570 g/mol. The number of carbonyl (C=O) groups excluding carboxylic acids is 6. The first-order chi connectivity index (χ1) is 57.4. The monoisotopic (exact) mass is 1710 g/mol. The van der Waals surface area contributed by atoms with Crippen LogP contribution in [0.25, 0.3) is 0 Å². The van der Waals surface area contributed by atoms with Crippen LogP contribution < -0.4 is 64.2 Å². The number of aromatic nitrogens is 18. The maximum absolute atomic E-state index is 12.8. The minimum atomic E-state index is -0.673. The highest BCUT2D eigenvalue weighted by molar-refractivity contribution is 5.73. The van der Waals surface area contributed by atoms with E-state index < -0.39 is 33.6 Å². The predicted molar refractivity (Wildman–Crippen MR) is 463 cm³/mol. The molecule has 0 amide bonds. The Balaban J connectivity index is 1.13. The van der Waals surface area contributed by atoms with Crippen molar-refractivity contribution in [1.82, 2.24) is 89.7 Å². The third kappa shape index (κ3) is 44.8. The van der Waals surface area contributed by atoms with E-state index in [-0.39, 0.29) is 143 Å². The Kier molecular flexibility index (Phi) is 39.9. The Bertz CT molecular complexity index is 4290. The number of esters is 6. The number of hydrogen-bond acceptors (Lipinski definition) is 42. The van der Waals surface area contributed by atoms with E-state index >= 15 is 0 Å². The van der Waals surface area contributed by atoms with Gasteiger partial charge in [-0.25, -0.2) is 4.98 Å². The highest BCUT2D eigenvalue weighted by atomic mass is 16.6. The SMILES string of the molecule is CCc1nc(CCCNc2nc(CCCNc3nc(CCCNc4nc(CCCNc5nc(CCCNc6nc(CCCN)nc(NCCC(=O)OC(C)(C)C)n6)nc(NCCC(=O)OC(C)(C)C)n5)nc(NCCC(=O)OC(C)(C)C)n4)nc(NCCC(=O)OC(C)(C)C)n3)nc(NCCC(=O)OC(C)(C)C)n2)nc(NCCC(=O)OC(C)(C)C)n1. The van der Waals surface area contributed by atoms with Gasteiger partial charge in [0.05, 0.1) is 38.5 Å². The third-order valence-electron chi connectivity index (χ3n) is 15.6. The van der Waals surface area contributed by atoms with Crippen molar-refractivity contribution >= 4 is 101 Å². The van der Waals surface area contributed by atoms with Crippen LogP contribution in [-0.2, 0) is 102 Å². The summed E-state index contributed by atoms with van der Waals surface area (Å²) in [5, 5.41) is 35.6. The van der Waals surface area contributed by atoms with Crippen molar-refractivity contribution in [3.8, 4) is 0 Å². The summed E-state index contributed by atoms with van der Waals surface area (Å²) in [6, 6.07) is 0. The third-order valence-corrected chi connectivity index (χ3v) is 15.6. The molecular formula is C80H132N30O12. The van der Waals surface area contributed by atoms with Crippen LogP contribution in [0.3, 0.4) is 0 Å². The second-order valence-electron chi connectivity index (χ2n) is 34.5. The maximum atomic E-state index is 12.8. The molecule has 0 aliphatic rings. The standard InChI is InChI=1S/C80H132N30O12/c1-20-51-93-52(95-64(94-51)87-45-33-58(111)117-75(2,3)4)28-22-40-82-66-98-54(102-71(107-66)89-47-35-60(113)119-77(8,9)10)30-24-42-84-68-100-56(104-73(109-68)91-49-37-62(115)121-79(14,15)16)32-26-44-86-69-101-57(105-74(110-69)92-50-38-63(116)122-80(17,18)19)31-25-43-85-67-99-55(103-72(108-67)90-48-36-61(114)120-78(11,12)13)29-23-41-83-65-96-53(27-21-39-81)97-70(106-65)88-46-34-59(112)118-76(5,6)7/h20-50,81H2,1-19H3,(H,87,93,94,95)(H2,82,89,98,102,107)(H2,83,88,96,97,106)(H2,84,91,100,104,109)(H2,85,90,99,103,108)(H2,86,92,101,105,110). The Morgan fingerprint density at radius 2 is 0.369 bits per heavy atom. The van der Waals surface area contributed by atoms with Gasteiger partial charge >= 0.3 is 35.8 Å². The van der Waals surface area contributed by atoms with Crippen molar-refractivity contribution < 1.29 is 57.2 Å². The Morgan fingerprint density at radius 1 is 0.221 bits per heavy atom. The summed E-state index contributed by atoms with van der Waals surface area (Å²) >= 11 is 0. The number of hydrogen-bond donors (Lipinski definition) is 12. The Morgan fingerprint density at radius 3 is 0.533 bits per heavy atom. The van der Waals surface area contributed by atoms with Crippen LogP contribution in [0.5, 0.6) is 0 Å². The van der Waals surface area contributed by atoms with E-state index in [2.05, 4.69) is 108 Å². The van der Waals surface area contributed by atoms with Gasteiger partial charge in [0, 0.05) is 117 Å². The lowest BCUT2D eigenvalue weighted by atomic mass is 10.2. The highest BCUT2D eigenvalue weighted by Crippen LogP contribution is 2.20. The zero-order chi connectivity index (χ0) is 89.5. The summed E-state index contributed by atoms with van der Waals surface area (Å²) in [5.74, 6) is 4.65. The Labute approximate surface area is 715 Å². The molecule has 0 radical (unpaired) electrons. The fourth-order valence-corrected chi connectivity index (χ4v) is 10.8. The molecule has 13 N–H and O–H groups in total. The number of rotatable bonds is 53. The zero-order valence-corrected chi connectivity index (χ0v) is 74.9. The van der Waals surface area contributed by atoms with Crippen LogP contribution in [0, 0.1) is 0 Å². The molecule has 6 heterocycles. The first-order valence-electron chi connectivity index (χ1n) is 42.1. The van der Waals surface area contributed by atoms with Crippen molar-refractivity contribution in [2.75, 3.05) is 137 Å². The van der Waals surface area contributed by atoms with Gasteiger partial charge in [-0.15, -0.1) is 0 Å². The van der Waals surface area contributed by atoms with Crippen molar-refractivity contribution in [2.24, 2.45) is 5.73 Å². The van der Waals surface area contributed by atoms with Crippen LogP contribution in [0.1, 0.15) is 249 Å². The molecule has 0 fully saturated rings. The van der Waals surface area contributed by atoms with Gasteiger partial charge in [0.2, 0.25) is 65.4 Å². The molecule has 42 nitrogen and oxygen atoms in total. The molecule has 0 spiro atoms. The molecule has 0 unspecified atom stereocenters. The number of carbonyl (C=O) groups is 6. The van der Waals surface area contributed by atoms with Gasteiger partial charge in [0.25, 0.3) is 0 Å². The van der Waals surface area contributed by atoms with Crippen LogP contribution >= 0.6 is 0 Å². The number of nitrogens with one attached hydrogen (secondary N) is 11. The average Bonchev–Trinajstić information content (AvgIpc) is 0.867. The molecule has 6 aromatic rings. The predicted octanol–water partition coefficient (Wildman–Crippen LogP) is 8.34. The largest absolute Gasteiger partial charge is 0.460 e. The van der Waals surface area contributed by atoms with Gasteiger partial charge in [-0.1, -0.05) is 6.92 Å². The molecule has 0 saturated heterocycles. The molecule has 0 aliphatic heterocycles. The van der Waals surface area contributed by atoms with Crippen LogP contribution in [0.15, 0.2) is 0 Å². The molecule has 0 bridgehead atoms. The van der Waals surface area contributed by atoms with Crippen molar-refractivity contribution in [2.45, 2.75) is 287 Å². The second-order valence-corrected chi connectivity index (χ2v) is 34.5. The van der Waals surface area contributed by atoms with Crippen molar-refractivity contribution in [1.29, 1.82) is 0 Å². The van der Waals surface area contributed by atoms with Gasteiger partial charge < -0.3 is 92.6 Å². The van der Waals surface area contributed by atoms with E-state index in [4.69, 9.17) is 74.0 Å². The zero-order valence-electron chi connectivity index (χ0n) is 74.9. The van der Waals surface area contributed by atoms with Gasteiger partial charge in [-0.2, -0.15) is 84.7 Å². The van der Waals surface area contributed by atoms with E-state index in [9.17, 15) is 28.8 Å². The first-order valence-corrected chi connectivity index (χ1v) is 42.1. The molecule has 6 rings (SSSR count). The number of nitrogens with zero attached hydrogens (tertiary/aromatic N) is 18. The van der Waals surface area contributed by atoms with Crippen LogP contribution in [0.4, 0.5) is 65.4 Å². The topological polar surface area (TPSA) is 548 Å². The quantitative estimate of drug-likeness (QED) is 0.00969. The van der Waals surface area contributed by atoms with E-state index in [0.29, 0.717) is 200 Å². The van der Waals surface area contributed by atoms with Gasteiger partial charge in [0.1, 0.15) is 74.4 Å². The molecule has 0 atom stereocenters. The fraction of sp³-hybridized carbons (Fsp3) is 0.700. The van der Waals surface area contributed by atoms with Crippen molar-refractivity contribution in [3.63, 3.8) is 0 Å². The van der Waals surface area contributed by atoms with E-state index in [1.807, 2.05) is 90.0 Å². The minimum absolute atomic E-state index is 0.0501. The molecule has 0 saturated carbocycles. The van der Waals surface area contributed by atoms with Crippen LogP contribution in [0.2, 0.25) is 0 Å². The number of nitrogens with two attached hydrogens (primary N) is 1. The molecule has 0 aromatic carbocycles. The molecule has 122 heavy (non-hydrogen) atoms. The smallest absolute Gasteiger partial charge is 0.308 e. The fourth-order valence-electron chi connectivity index (χ4n) is 10.8. The number of ether oxygens (including phenoxy) is 6. The molecule has 6 aromatic heterocycles. The lowest BCUT2D eigenvalue weighted by Gasteiger charge is -2.19. The second kappa shape index (κ2) is 48.9. The first kappa shape index (κ1) is 99.5. The lowest BCUT2D eigenvalue weighted by molar-refractivity contribution is -0.155. The summed E-state index contributed by atoms with van der Waals surface area (Å²) in [7, 11) is 0. The lowest BCUT2D eigenvalue weighted by Crippen LogP contribution is -2.25. The van der Waals surface area contributed by atoms with Gasteiger partial charge in [-0.3, -0.25) is 28.8 Å². The summed E-state index contributed by atoms with van der Waals surface area (Å²) in [4.78, 5) is 160. The number of anilines is 11. The molecule has 42 heteroatoms. The minimum Gasteiger partial charge on any atom is -0.460 e. The average molecular weight is 1710 g/mol. The van der Waals surface area contributed by atoms with Gasteiger partial charge in [-0.05, 0) is 170 Å². The van der Waals surface area contributed by atoms with E-state index in [0.717, 1.165) is 0 Å². The maximum Gasteiger partial charge on any atom is 0.308 e. The van der Waals surface area contributed by atoms with Gasteiger partial charge in [0.15, 0.2) is 0 Å². The summed E-state index contributed by atoms with van der Waals surface area (Å²) in [6.07, 6.45) is 7.04. The van der Waals surface area contributed by atoms with Crippen LogP contribution in [-0.4, -0.2) is 238 Å². The normalized spacial score (nSPS) is 11.8. The molecule has 0 aliphatic carbocycles. The van der Waals surface area contributed by atoms with E-state index in [1.54, 1.807) is 41.5 Å². The summed E-state index contributed by atoms with van der Waals surface area (Å²) in [6.45, 7) is 38.4. The van der Waals surface area contributed by atoms with Crippen molar-refractivity contribution in [3.05, 3.63) is 40.8 Å². The number of aryl methyl sites for hydroxylation is 7. The summed E-state index contributed by atoms with van der Waals surface area (Å²) < 4.78 is 33.1. The summed E-state index contributed by atoms with van der Waals surface area (Å²) in [5.41, 5.74) is 1.97. The Hall–Kier alpha value is -11.4.